The van der Waals surface area contributed by atoms with Crippen LogP contribution < -0.4 is 10.1 Å². The molecule has 1 saturated carbocycles. The molecule has 3 unspecified atom stereocenters. The van der Waals surface area contributed by atoms with Crippen molar-refractivity contribution >= 4 is 0 Å². The van der Waals surface area contributed by atoms with E-state index in [0.717, 1.165) is 18.4 Å². The third kappa shape index (κ3) is 2.64. The first kappa shape index (κ1) is 13.0. The Labute approximate surface area is 116 Å². The second kappa shape index (κ2) is 5.16. The van der Waals surface area contributed by atoms with E-state index in [1.807, 2.05) is 0 Å². The summed E-state index contributed by atoms with van der Waals surface area (Å²) in [6.07, 6.45) is 6.50. The molecule has 1 aromatic rings. The molecular weight excluding hydrogens is 234 g/mol. The van der Waals surface area contributed by atoms with E-state index in [1.54, 1.807) is 0 Å². The lowest BCUT2D eigenvalue weighted by molar-refractivity contribution is 0.214. The molecule has 3 atom stereocenters. The van der Waals surface area contributed by atoms with Gasteiger partial charge in [-0.25, -0.2) is 0 Å². The summed E-state index contributed by atoms with van der Waals surface area (Å²) in [5.74, 6) is 1.80. The second-order valence-corrected chi connectivity index (χ2v) is 6.62. The van der Waals surface area contributed by atoms with Crippen molar-refractivity contribution in [3.05, 3.63) is 29.8 Å². The van der Waals surface area contributed by atoms with Gasteiger partial charge in [0, 0.05) is 6.04 Å². The zero-order valence-electron chi connectivity index (χ0n) is 12.1. The molecule has 0 radical (unpaired) electrons. The Morgan fingerprint density at radius 2 is 2.16 bits per heavy atom. The molecule has 0 saturated heterocycles. The molecule has 1 aliphatic heterocycles. The van der Waals surface area contributed by atoms with Crippen molar-refractivity contribution in [3.63, 3.8) is 0 Å². The largest absolute Gasteiger partial charge is 0.493 e. The SMILES string of the molecule is CNC1CCC(C)(CC2CCOc3ccccc32)C1. The molecule has 2 aliphatic rings. The predicted molar refractivity (Wildman–Crippen MR) is 78.7 cm³/mol. The van der Waals surface area contributed by atoms with E-state index >= 15 is 0 Å². The van der Waals surface area contributed by atoms with Crippen molar-refractivity contribution in [2.24, 2.45) is 5.41 Å². The second-order valence-electron chi connectivity index (χ2n) is 6.62. The third-order valence-corrected chi connectivity index (χ3v) is 5.07. The number of para-hydroxylation sites is 1. The van der Waals surface area contributed by atoms with Crippen LogP contribution in [0.4, 0.5) is 0 Å². The van der Waals surface area contributed by atoms with Crippen LogP contribution in [0.5, 0.6) is 5.75 Å². The van der Waals surface area contributed by atoms with E-state index in [1.165, 1.54) is 37.7 Å². The minimum atomic E-state index is 0.503. The number of rotatable bonds is 3. The van der Waals surface area contributed by atoms with Crippen LogP contribution >= 0.6 is 0 Å². The van der Waals surface area contributed by atoms with Crippen molar-refractivity contribution in [1.29, 1.82) is 0 Å². The molecule has 2 heteroatoms. The van der Waals surface area contributed by atoms with E-state index in [2.05, 4.69) is 43.6 Å². The van der Waals surface area contributed by atoms with Gasteiger partial charge in [-0.15, -0.1) is 0 Å². The lowest BCUT2D eigenvalue weighted by Gasteiger charge is -2.33. The van der Waals surface area contributed by atoms with E-state index in [9.17, 15) is 0 Å². The molecule has 0 amide bonds. The highest BCUT2D eigenvalue weighted by molar-refractivity contribution is 5.37. The molecule has 19 heavy (non-hydrogen) atoms. The van der Waals surface area contributed by atoms with Crippen LogP contribution in [0.2, 0.25) is 0 Å². The van der Waals surface area contributed by atoms with Gasteiger partial charge in [0.05, 0.1) is 6.61 Å². The first-order valence-corrected chi connectivity index (χ1v) is 7.59. The van der Waals surface area contributed by atoms with Gasteiger partial charge in [-0.3, -0.25) is 0 Å². The Morgan fingerprint density at radius 3 is 2.95 bits per heavy atom. The quantitative estimate of drug-likeness (QED) is 0.893. The first-order valence-electron chi connectivity index (χ1n) is 7.59. The molecule has 0 bridgehead atoms. The molecule has 104 valence electrons. The fourth-order valence-electron chi connectivity index (χ4n) is 3.98. The van der Waals surface area contributed by atoms with E-state index in [-0.39, 0.29) is 0 Å². The molecular formula is C17H25NO. The Balaban J connectivity index is 1.74. The molecule has 1 heterocycles. The zero-order chi connectivity index (χ0) is 13.3. The third-order valence-electron chi connectivity index (χ3n) is 5.07. The Bertz CT molecular complexity index is 445. The van der Waals surface area contributed by atoms with Gasteiger partial charge in [0.15, 0.2) is 0 Å². The van der Waals surface area contributed by atoms with E-state index in [4.69, 9.17) is 4.74 Å². The van der Waals surface area contributed by atoms with Crippen LogP contribution in [0, 0.1) is 5.41 Å². The topological polar surface area (TPSA) is 21.3 Å². The molecule has 3 rings (SSSR count). The maximum Gasteiger partial charge on any atom is 0.122 e. The fourth-order valence-corrected chi connectivity index (χ4v) is 3.98. The van der Waals surface area contributed by atoms with Crippen molar-refractivity contribution in [2.45, 2.75) is 51.0 Å². The molecule has 0 aromatic heterocycles. The molecule has 1 fully saturated rings. The van der Waals surface area contributed by atoms with Crippen LogP contribution in [0.15, 0.2) is 24.3 Å². The lowest BCUT2D eigenvalue weighted by Crippen LogP contribution is -2.26. The maximum atomic E-state index is 5.78. The van der Waals surface area contributed by atoms with Gasteiger partial charge in [0.2, 0.25) is 0 Å². The minimum absolute atomic E-state index is 0.503. The van der Waals surface area contributed by atoms with Crippen LogP contribution in [0.3, 0.4) is 0 Å². The van der Waals surface area contributed by atoms with Crippen molar-refractivity contribution in [3.8, 4) is 5.75 Å². The summed E-state index contributed by atoms with van der Waals surface area (Å²) in [4.78, 5) is 0. The van der Waals surface area contributed by atoms with Gasteiger partial charge in [0.25, 0.3) is 0 Å². The smallest absolute Gasteiger partial charge is 0.122 e. The van der Waals surface area contributed by atoms with E-state index in [0.29, 0.717) is 11.3 Å². The van der Waals surface area contributed by atoms with Crippen LogP contribution in [0.1, 0.15) is 50.5 Å². The molecule has 1 aliphatic carbocycles. The number of fused-ring (bicyclic) bond motifs is 1. The number of ether oxygens (including phenoxy) is 1. The van der Waals surface area contributed by atoms with Gasteiger partial charge in [0.1, 0.15) is 5.75 Å². The van der Waals surface area contributed by atoms with Crippen molar-refractivity contribution in [2.75, 3.05) is 13.7 Å². The highest BCUT2D eigenvalue weighted by Gasteiger charge is 2.37. The molecule has 2 nitrogen and oxygen atoms in total. The highest BCUT2D eigenvalue weighted by Crippen LogP contribution is 2.48. The van der Waals surface area contributed by atoms with Gasteiger partial charge < -0.3 is 10.1 Å². The van der Waals surface area contributed by atoms with Gasteiger partial charge >= 0.3 is 0 Å². The summed E-state index contributed by atoms with van der Waals surface area (Å²) in [6, 6.07) is 9.32. The summed E-state index contributed by atoms with van der Waals surface area (Å²) >= 11 is 0. The van der Waals surface area contributed by atoms with Crippen LogP contribution in [-0.4, -0.2) is 19.7 Å². The maximum absolute atomic E-state index is 5.78. The zero-order valence-corrected chi connectivity index (χ0v) is 12.1. The average Bonchev–Trinajstić information content (AvgIpc) is 2.81. The monoisotopic (exact) mass is 259 g/mol. The highest BCUT2D eigenvalue weighted by atomic mass is 16.5. The summed E-state index contributed by atoms with van der Waals surface area (Å²) in [6.45, 7) is 3.36. The normalized spacial score (nSPS) is 33.8. The van der Waals surface area contributed by atoms with Crippen LogP contribution in [0.25, 0.3) is 0 Å². The summed E-state index contributed by atoms with van der Waals surface area (Å²) in [7, 11) is 2.10. The standard InChI is InChI=1S/C17H25NO/c1-17(9-7-14(12-17)18-2)11-13-8-10-19-16-6-4-3-5-15(13)16/h3-6,13-14,18H,7-12H2,1-2H3. The van der Waals surface area contributed by atoms with E-state index < -0.39 is 0 Å². The summed E-state index contributed by atoms with van der Waals surface area (Å²) in [5, 5.41) is 3.45. The molecule has 1 aromatic carbocycles. The van der Waals surface area contributed by atoms with Gasteiger partial charge in [-0.2, -0.15) is 0 Å². The minimum Gasteiger partial charge on any atom is -0.493 e. The first-order chi connectivity index (χ1) is 9.20. The lowest BCUT2D eigenvalue weighted by atomic mass is 9.75. The summed E-state index contributed by atoms with van der Waals surface area (Å²) < 4.78 is 5.78. The predicted octanol–water partition coefficient (Wildman–Crippen LogP) is 3.72. The fraction of sp³-hybridized carbons (Fsp3) is 0.647. The number of nitrogens with one attached hydrogen (secondary N) is 1. The number of benzene rings is 1. The number of hydrogen-bond acceptors (Lipinski definition) is 2. The van der Waals surface area contributed by atoms with Gasteiger partial charge in [-0.1, -0.05) is 25.1 Å². The molecule has 1 N–H and O–H groups in total. The van der Waals surface area contributed by atoms with Gasteiger partial charge in [-0.05, 0) is 62.1 Å². The van der Waals surface area contributed by atoms with Crippen molar-refractivity contribution < 1.29 is 4.74 Å². The Morgan fingerprint density at radius 1 is 1.32 bits per heavy atom. The van der Waals surface area contributed by atoms with Crippen LogP contribution in [-0.2, 0) is 0 Å². The summed E-state index contributed by atoms with van der Waals surface area (Å²) in [5.41, 5.74) is 1.94. The Hall–Kier alpha value is -1.02. The average molecular weight is 259 g/mol. The molecule has 0 spiro atoms. The number of hydrogen-bond donors (Lipinski definition) is 1. The van der Waals surface area contributed by atoms with Crippen molar-refractivity contribution in [1.82, 2.24) is 5.32 Å². The Kier molecular flexibility index (Phi) is 3.53.